The number of Topliss-reactive ketones (excluding diaryl/α,β-unsaturated/α-hetero) is 1. The normalized spacial score (nSPS) is 23.5. The molecular formula is C15H20N2O2. The molecule has 0 aliphatic carbocycles. The predicted molar refractivity (Wildman–Crippen MR) is 73.9 cm³/mol. The van der Waals surface area contributed by atoms with Crippen molar-refractivity contribution in [1.82, 2.24) is 4.90 Å². The van der Waals surface area contributed by atoms with E-state index in [9.17, 15) is 9.59 Å². The van der Waals surface area contributed by atoms with Gasteiger partial charge in [-0.15, -0.1) is 0 Å². The van der Waals surface area contributed by atoms with Crippen LogP contribution in [0.5, 0.6) is 0 Å². The number of hydrogen-bond donors (Lipinski definition) is 1. The van der Waals surface area contributed by atoms with Crippen molar-refractivity contribution in [2.24, 2.45) is 11.1 Å². The van der Waals surface area contributed by atoms with E-state index >= 15 is 0 Å². The molecule has 1 saturated heterocycles. The summed E-state index contributed by atoms with van der Waals surface area (Å²) in [5, 5.41) is 0. The van der Waals surface area contributed by atoms with E-state index in [1.165, 1.54) is 0 Å². The third-order valence-corrected chi connectivity index (χ3v) is 3.85. The highest BCUT2D eigenvalue weighted by Gasteiger charge is 2.39. The smallest absolute Gasteiger partial charge is 0.224 e. The summed E-state index contributed by atoms with van der Waals surface area (Å²) in [5.41, 5.74) is 6.72. The monoisotopic (exact) mass is 260 g/mol. The zero-order valence-electron chi connectivity index (χ0n) is 11.5. The second-order valence-electron chi connectivity index (χ2n) is 5.68. The van der Waals surface area contributed by atoms with Crippen LogP contribution in [0.4, 0.5) is 0 Å². The van der Waals surface area contributed by atoms with Crippen molar-refractivity contribution in [3.63, 3.8) is 0 Å². The molecule has 1 amide bonds. The highest BCUT2D eigenvalue weighted by Crippen LogP contribution is 2.29. The molecule has 0 bridgehead atoms. The number of amides is 1. The molecule has 1 unspecified atom stereocenters. The lowest BCUT2D eigenvalue weighted by Crippen LogP contribution is -2.38. The van der Waals surface area contributed by atoms with Crippen molar-refractivity contribution in [1.29, 1.82) is 0 Å². The maximum absolute atomic E-state index is 12.2. The van der Waals surface area contributed by atoms with E-state index in [0.29, 0.717) is 13.1 Å². The predicted octanol–water partition coefficient (Wildman–Crippen LogP) is 1.38. The molecule has 0 radical (unpaired) electrons. The van der Waals surface area contributed by atoms with Crippen LogP contribution in [0.25, 0.3) is 0 Å². The van der Waals surface area contributed by atoms with Gasteiger partial charge in [-0.25, -0.2) is 0 Å². The minimum absolute atomic E-state index is 0.0948. The first-order valence-corrected chi connectivity index (χ1v) is 6.53. The Morgan fingerprint density at radius 1 is 1.42 bits per heavy atom. The zero-order chi connectivity index (χ0) is 14.0. The van der Waals surface area contributed by atoms with Gasteiger partial charge in [0.05, 0.1) is 12.0 Å². The van der Waals surface area contributed by atoms with E-state index < -0.39 is 5.41 Å². The maximum atomic E-state index is 12.2. The number of carbonyl (C=O) groups is 2. The van der Waals surface area contributed by atoms with Gasteiger partial charge in [-0.05, 0) is 32.9 Å². The number of nitrogens with zero attached hydrogens (tertiary/aromatic N) is 1. The molecule has 0 saturated carbocycles. The molecule has 102 valence electrons. The van der Waals surface area contributed by atoms with Gasteiger partial charge >= 0.3 is 0 Å². The summed E-state index contributed by atoms with van der Waals surface area (Å²) in [5.74, 6) is -0.185. The van der Waals surface area contributed by atoms with Gasteiger partial charge in [0.1, 0.15) is 0 Å². The van der Waals surface area contributed by atoms with E-state index in [0.717, 1.165) is 24.1 Å². The minimum atomic E-state index is -0.493. The maximum Gasteiger partial charge on any atom is 0.224 e. The molecule has 1 aliphatic heterocycles. The van der Waals surface area contributed by atoms with Crippen LogP contribution in [0.2, 0.25) is 0 Å². The summed E-state index contributed by atoms with van der Waals surface area (Å²) >= 11 is 0. The Balaban J connectivity index is 2.00. The summed E-state index contributed by atoms with van der Waals surface area (Å²) in [4.78, 5) is 25.6. The minimum Gasteiger partial charge on any atom is -0.369 e. The first kappa shape index (κ1) is 13.7. The third kappa shape index (κ3) is 3.01. The first-order chi connectivity index (χ1) is 8.90. The van der Waals surface area contributed by atoms with E-state index in [-0.39, 0.29) is 11.7 Å². The highest BCUT2D eigenvalue weighted by atomic mass is 16.1. The molecule has 0 aromatic heterocycles. The standard InChI is InChI=1S/C15H20N2O2/c1-11-4-3-5-12(8-11)13(18)9-17-7-6-15(2,10-17)14(16)19/h3-5,8H,6-7,9-10H2,1-2H3,(H2,16,19). The van der Waals surface area contributed by atoms with Crippen LogP contribution in [0, 0.1) is 12.3 Å². The summed E-state index contributed by atoms with van der Waals surface area (Å²) in [6, 6.07) is 7.58. The summed E-state index contributed by atoms with van der Waals surface area (Å²) < 4.78 is 0. The van der Waals surface area contributed by atoms with Gasteiger partial charge in [-0.2, -0.15) is 0 Å². The van der Waals surface area contributed by atoms with Crippen molar-refractivity contribution in [3.05, 3.63) is 35.4 Å². The highest BCUT2D eigenvalue weighted by molar-refractivity contribution is 5.97. The molecule has 0 spiro atoms. The number of ketones is 1. The quantitative estimate of drug-likeness (QED) is 0.832. The number of primary amides is 1. The fourth-order valence-corrected chi connectivity index (χ4v) is 2.51. The van der Waals surface area contributed by atoms with Crippen molar-refractivity contribution in [2.75, 3.05) is 19.6 Å². The van der Waals surface area contributed by atoms with E-state index in [2.05, 4.69) is 0 Å². The molecule has 2 rings (SSSR count). The number of benzene rings is 1. The van der Waals surface area contributed by atoms with Crippen molar-refractivity contribution in [3.8, 4) is 0 Å². The van der Waals surface area contributed by atoms with Gasteiger partial charge in [0, 0.05) is 12.1 Å². The summed E-state index contributed by atoms with van der Waals surface area (Å²) in [6.45, 7) is 5.51. The van der Waals surface area contributed by atoms with Crippen LogP contribution in [0.3, 0.4) is 0 Å². The SMILES string of the molecule is Cc1cccc(C(=O)CN2CCC(C)(C(N)=O)C2)c1. The fourth-order valence-electron chi connectivity index (χ4n) is 2.51. The number of nitrogens with two attached hydrogens (primary N) is 1. The number of aryl methyl sites for hydroxylation is 1. The number of carbonyl (C=O) groups excluding carboxylic acids is 2. The molecule has 1 aliphatic rings. The Morgan fingerprint density at radius 3 is 2.74 bits per heavy atom. The van der Waals surface area contributed by atoms with Gasteiger partial charge in [0.15, 0.2) is 5.78 Å². The summed E-state index contributed by atoms with van der Waals surface area (Å²) in [6.07, 6.45) is 0.726. The first-order valence-electron chi connectivity index (χ1n) is 6.53. The lowest BCUT2D eigenvalue weighted by Gasteiger charge is -2.20. The van der Waals surface area contributed by atoms with Crippen LogP contribution in [0.1, 0.15) is 29.3 Å². The molecular weight excluding hydrogens is 240 g/mol. The number of rotatable bonds is 4. The van der Waals surface area contributed by atoms with Crippen LogP contribution in [-0.4, -0.2) is 36.2 Å². The average molecular weight is 260 g/mol. The molecule has 2 N–H and O–H groups in total. The molecule has 4 nitrogen and oxygen atoms in total. The second kappa shape index (κ2) is 5.13. The van der Waals surface area contributed by atoms with Crippen LogP contribution in [0.15, 0.2) is 24.3 Å². The van der Waals surface area contributed by atoms with Crippen LogP contribution >= 0.6 is 0 Å². The summed E-state index contributed by atoms with van der Waals surface area (Å²) in [7, 11) is 0. The molecule has 1 aromatic carbocycles. The molecule has 1 atom stereocenters. The molecule has 19 heavy (non-hydrogen) atoms. The van der Waals surface area contributed by atoms with Crippen molar-refractivity contribution in [2.45, 2.75) is 20.3 Å². The Morgan fingerprint density at radius 2 is 2.16 bits per heavy atom. The van der Waals surface area contributed by atoms with E-state index in [1.54, 1.807) is 0 Å². The van der Waals surface area contributed by atoms with Crippen LogP contribution < -0.4 is 5.73 Å². The van der Waals surface area contributed by atoms with Crippen molar-refractivity contribution >= 4 is 11.7 Å². The Kier molecular flexibility index (Phi) is 3.71. The zero-order valence-corrected chi connectivity index (χ0v) is 11.5. The molecule has 1 heterocycles. The number of likely N-dealkylation sites (tertiary alicyclic amines) is 1. The lowest BCUT2D eigenvalue weighted by atomic mass is 9.89. The van der Waals surface area contributed by atoms with Crippen LogP contribution in [-0.2, 0) is 4.79 Å². The van der Waals surface area contributed by atoms with Gasteiger partial charge in [-0.1, -0.05) is 23.8 Å². The Hall–Kier alpha value is -1.68. The Bertz CT molecular complexity index is 513. The second-order valence-corrected chi connectivity index (χ2v) is 5.68. The topological polar surface area (TPSA) is 63.4 Å². The van der Waals surface area contributed by atoms with Gasteiger partial charge in [0.2, 0.25) is 5.91 Å². The Labute approximate surface area is 113 Å². The molecule has 1 aromatic rings. The number of hydrogen-bond acceptors (Lipinski definition) is 3. The van der Waals surface area contributed by atoms with Crippen molar-refractivity contribution < 1.29 is 9.59 Å². The molecule has 4 heteroatoms. The van der Waals surface area contributed by atoms with E-state index in [1.807, 2.05) is 43.0 Å². The largest absolute Gasteiger partial charge is 0.369 e. The average Bonchev–Trinajstić information content (AvgIpc) is 2.72. The lowest BCUT2D eigenvalue weighted by molar-refractivity contribution is -0.126. The fraction of sp³-hybridized carbons (Fsp3) is 0.467. The van der Waals surface area contributed by atoms with Gasteiger partial charge < -0.3 is 5.73 Å². The van der Waals surface area contributed by atoms with Gasteiger partial charge in [-0.3, -0.25) is 14.5 Å². The van der Waals surface area contributed by atoms with Gasteiger partial charge in [0.25, 0.3) is 0 Å². The molecule has 1 fully saturated rings. The van der Waals surface area contributed by atoms with E-state index in [4.69, 9.17) is 5.73 Å². The third-order valence-electron chi connectivity index (χ3n) is 3.85.